The zero-order valence-corrected chi connectivity index (χ0v) is 14.9. The molecule has 0 aromatic carbocycles. The third-order valence-corrected chi connectivity index (χ3v) is 7.96. The number of piperidine rings is 1. The van der Waals surface area contributed by atoms with Gasteiger partial charge in [-0.3, -0.25) is 5.10 Å². The molecule has 0 amide bonds. The van der Waals surface area contributed by atoms with E-state index in [0.717, 1.165) is 31.7 Å². The second kappa shape index (κ2) is 6.18. The van der Waals surface area contributed by atoms with Gasteiger partial charge in [0.2, 0.25) is 0 Å². The summed E-state index contributed by atoms with van der Waals surface area (Å²) in [7, 11) is 0. The molecule has 4 aliphatic rings. The van der Waals surface area contributed by atoms with Gasteiger partial charge >= 0.3 is 0 Å². The summed E-state index contributed by atoms with van der Waals surface area (Å²) >= 11 is 1.87. The number of aromatic amines is 1. The SMILES string of the molecule is FC1(F)COC2C(c3cn[nH]c3)SC3CNC(CN4CCC4)C(C1)C32. The molecule has 4 fully saturated rings. The molecular weight excluding hydrogens is 346 g/mol. The number of likely N-dealkylation sites (tertiary alicyclic amines) is 1. The van der Waals surface area contributed by atoms with Gasteiger partial charge in [-0.2, -0.15) is 5.10 Å². The molecule has 0 bridgehead atoms. The Hall–Kier alpha value is -0.700. The molecule has 6 atom stereocenters. The van der Waals surface area contributed by atoms with E-state index in [1.807, 2.05) is 18.0 Å². The van der Waals surface area contributed by atoms with Gasteiger partial charge < -0.3 is 15.0 Å². The van der Waals surface area contributed by atoms with E-state index in [4.69, 9.17) is 4.74 Å². The molecule has 1 aromatic heterocycles. The van der Waals surface area contributed by atoms with Crippen molar-refractivity contribution in [1.82, 2.24) is 20.4 Å². The number of alkyl halides is 2. The summed E-state index contributed by atoms with van der Waals surface area (Å²) < 4.78 is 34.7. The number of nitrogens with one attached hydrogen (secondary N) is 2. The van der Waals surface area contributed by atoms with Crippen LogP contribution in [0.2, 0.25) is 0 Å². The summed E-state index contributed by atoms with van der Waals surface area (Å²) in [4.78, 5) is 2.38. The van der Waals surface area contributed by atoms with Crippen LogP contribution in [0.1, 0.15) is 23.7 Å². The third-order valence-electron chi connectivity index (χ3n) is 6.29. The van der Waals surface area contributed by atoms with Crippen LogP contribution in [0.25, 0.3) is 0 Å². The van der Waals surface area contributed by atoms with Crippen LogP contribution in [-0.2, 0) is 4.74 Å². The molecule has 0 spiro atoms. The van der Waals surface area contributed by atoms with Crippen LogP contribution in [0.3, 0.4) is 0 Å². The minimum absolute atomic E-state index is 0.0359. The molecule has 8 heteroatoms. The van der Waals surface area contributed by atoms with Crippen molar-refractivity contribution in [2.45, 2.75) is 41.4 Å². The third kappa shape index (κ3) is 2.91. The number of halogens is 2. The summed E-state index contributed by atoms with van der Waals surface area (Å²) in [5.74, 6) is -2.59. The van der Waals surface area contributed by atoms with Crippen molar-refractivity contribution in [2.75, 3.05) is 32.8 Å². The second-order valence-corrected chi connectivity index (χ2v) is 9.26. The zero-order chi connectivity index (χ0) is 17.0. The highest BCUT2D eigenvalue weighted by atomic mass is 32.2. The van der Waals surface area contributed by atoms with E-state index in [9.17, 15) is 8.78 Å². The summed E-state index contributed by atoms with van der Waals surface area (Å²) in [6.07, 6.45) is 4.70. The summed E-state index contributed by atoms with van der Waals surface area (Å²) in [6.45, 7) is 3.51. The Labute approximate surface area is 150 Å². The molecule has 5 heterocycles. The van der Waals surface area contributed by atoms with Crippen molar-refractivity contribution in [3.63, 3.8) is 0 Å². The number of aromatic nitrogens is 2. The molecule has 6 unspecified atom stereocenters. The molecular formula is C17H24F2N4OS. The van der Waals surface area contributed by atoms with E-state index in [2.05, 4.69) is 20.4 Å². The number of hydrogen-bond donors (Lipinski definition) is 2. The van der Waals surface area contributed by atoms with Crippen molar-refractivity contribution in [2.24, 2.45) is 11.8 Å². The van der Waals surface area contributed by atoms with Gasteiger partial charge in [-0.05, 0) is 25.4 Å². The number of rotatable bonds is 3. The second-order valence-electron chi connectivity index (χ2n) is 7.87. The molecule has 1 aromatic rings. The highest BCUT2D eigenvalue weighted by Crippen LogP contribution is 2.56. The van der Waals surface area contributed by atoms with Crippen LogP contribution < -0.4 is 5.32 Å². The number of thioether (sulfide) groups is 1. The standard InChI is InChI=1S/C17H24F2N4OS/c18-17(19)4-11-12(8-23-2-1-3-23)20-7-13-14(11)15(24-9-17)16(25-13)10-5-21-22-6-10/h5-6,11-16,20H,1-4,7-9H2,(H,21,22). The molecule has 2 N–H and O–H groups in total. The number of ether oxygens (including phenoxy) is 1. The molecule has 4 saturated heterocycles. The van der Waals surface area contributed by atoms with Gasteiger partial charge in [-0.15, -0.1) is 11.8 Å². The Morgan fingerprint density at radius 3 is 3.00 bits per heavy atom. The molecule has 5 rings (SSSR count). The molecule has 138 valence electrons. The van der Waals surface area contributed by atoms with E-state index in [1.165, 1.54) is 6.42 Å². The largest absolute Gasteiger partial charge is 0.370 e. The molecule has 5 nitrogen and oxygen atoms in total. The lowest BCUT2D eigenvalue weighted by molar-refractivity contribution is -0.0907. The van der Waals surface area contributed by atoms with Crippen LogP contribution in [-0.4, -0.2) is 71.2 Å². The van der Waals surface area contributed by atoms with Crippen molar-refractivity contribution >= 4 is 11.8 Å². The Morgan fingerprint density at radius 2 is 2.28 bits per heavy atom. The van der Waals surface area contributed by atoms with Gasteiger partial charge in [0.25, 0.3) is 5.92 Å². The summed E-state index contributed by atoms with van der Waals surface area (Å²) in [5.41, 5.74) is 1.06. The summed E-state index contributed by atoms with van der Waals surface area (Å²) in [5, 5.41) is 10.9. The minimum Gasteiger partial charge on any atom is -0.370 e. The Kier molecular flexibility index (Phi) is 4.07. The number of nitrogens with zero attached hydrogens (tertiary/aromatic N) is 2. The average molecular weight is 370 g/mol. The first-order chi connectivity index (χ1) is 12.1. The van der Waals surface area contributed by atoms with Crippen LogP contribution in [0.5, 0.6) is 0 Å². The normalized spacial score (nSPS) is 43.3. The van der Waals surface area contributed by atoms with E-state index >= 15 is 0 Å². The van der Waals surface area contributed by atoms with Gasteiger partial charge in [-0.25, -0.2) is 8.78 Å². The molecule has 0 aliphatic carbocycles. The molecule has 4 aliphatic heterocycles. The first-order valence-electron chi connectivity index (χ1n) is 9.20. The van der Waals surface area contributed by atoms with Crippen LogP contribution in [0, 0.1) is 11.8 Å². The van der Waals surface area contributed by atoms with E-state index in [0.29, 0.717) is 5.25 Å². The fourth-order valence-corrected chi connectivity index (χ4v) is 6.79. The van der Waals surface area contributed by atoms with E-state index < -0.39 is 12.5 Å². The summed E-state index contributed by atoms with van der Waals surface area (Å²) in [6, 6.07) is 0.139. The Balaban J connectivity index is 1.45. The maximum absolute atomic E-state index is 14.4. The maximum Gasteiger partial charge on any atom is 0.271 e. The quantitative estimate of drug-likeness (QED) is 0.851. The predicted molar refractivity (Wildman–Crippen MR) is 91.8 cm³/mol. The number of H-pyrrole nitrogens is 1. The van der Waals surface area contributed by atoms with Gasteiger partial charge in [0.1, 0.15) is 6.61 Å². The number of hydrogen-bond acceptors (Lipinski definition) is 5. The highest BCUT2D eigenvalue weighted by Gasteiger charge is 2.57. The van der Waals surface area contributed by atoms with Gasteiger partial charge in [0, 0.05) is 48.5 Å². The van der Waals surface area contributed by atoms with Crippen molar-refractivity contribution in [3.8, 4) is 0 Å². The Bertz CT molecular complexity index is 612. The van der Waals surface area contributed by atoms with Crippen LogP contribution >= 0.6 is 11.8 Å². The predicted octanol–water partition coefficient (Wildman–Crippen LogP) is 1.90. The highest BCUT2D eigenvalue weighted by molar-refractivity contribution is 8.00. The lowest BCUT2D eigenvalue weighted by Crippen LogP contribution is -2.59. The molecule has 0 radical (unpaired) electrons. The fraction of sp³-hybridized carbons (Fsp3) is 0.824. The average Bonchev–Trinajstić information content (AvgIpc) is 3.14. The first kappa shape index (κ1) is 16.5. The molecule has 0 saturated carbocycles. The first-order valence-corrected chi connectivity index (χ1v) is 10.1. The topological polar surface area (TPSA) is 53.2 Å². The van der Waals surface area contributed by atoms with E-state index in [-0.39, 0.29) is 35.7 Å². The monoisotopic (exact) mass is 370 g/mol. The lowest BCUT2D eigenvalue weighted by atomic mass is 9.73. The minimum atomic E-state index is -2.74. The van der Waals surface area contributed by atoms with Crippen molar-refractivity contribution < 1.29 is 13.5 Å². The van der Waals surface area contributed by atoms with Gasteiger partial charge in [0.05, 0.1) is 17.6 Å². The van der Waals surface area contributed by atoms with Crippen LogP contribution in [0.15, 0.2) is 12.4 Å². The lowest BCUT2D eigenvalue weighted by Gasteiger charge is -2.45. The fourth-order valence-electron chi connectivity index (χ4n) is 4.99. The van der Waals surface area contributed by atoms with E-state index in [1.54, 1.807) is 6.20 Å². The molecule has 25 heavy (non-hydrogen) atoms. The van der Waals surface area contributed by atoms with Crippen molar-refractivity contribution in [3.05, 3.63) is 18.0 Å². The van der Waals surface area contributed by atoms with Crippen molar-refractivity contribution in [1.29, 1.82) is 0 Å². The smallest absolute Gasteiger partial charge is 0.271 e. The maximum atomic E-state index is 14.4. The van der Waals surface area contributed by atoms with Crippen LogP contribution in [0.4, 0.5) is 8.78 Å². The van der Waals surface area contributed by atoms with Gasteiger partial charge in [-0.1, -0.05) is 0 Å². The Morgan fingerprint density at radius 1 is 1.40 bits per heavy atom. The zero-order valence-electron chi connectivity index (χ0n) is 14.0. The van der Waals surface area contributed by atoms with Gasteiger partial charge in [0.15, 0.2) is 0 Å².